The number of benzene rings is 1. The molecular formula is C15H15N3. The summed E-state index contributed by atoms with van der Waals surface area (Å²) in [5.74, 6) is 0.903. The second-order valence-corrected chi connectivity index (χ2v) is 4.42. The van der Waals surface area contributed by atoms with Gasteiger partial charge in [0.05, 0.1) is 5.52 Å². The van der Waals surface area contributed by atoms with Crippen LogP contribution in [0.25, 0.3) is 22.6 Å². The number of nitrogens with zero attached hydrogens (tertiary/aromatic N) is 2. The molecule has 0 bridgehead atoms. The molecule has 0 atom stereocenters. The third-order valence-electron chi connectivity index (χ3n) is 3.14. The van der Waals surface area contributed by atoms with Crippen LogP contribution in [0.4, 0.5) is 0 Å². The molecule has 1 N–H and O–H groups in total. The highest BCUT2D eigenvalue weighted by Crippen LogP contribution is 2.23. The zero-order chi connectivity index (χ0) is 12.5. The van der Waals surface area contributed by atoms with E-state index in [1.807, 2.05) is 25.1 Å². The van der Waals surface area contributed by atoms with Gasteiger partial charge in [0.25, 0.3) is 0 Å². The highest BCUT2D eigenvalue weighted by molar-refractivity contribution is 5.76. The fourth-order valence-electron chi connectivity index (χ4n) is 2.17. The van der Waals surface area contributed by atoms with Gasteiger partial charge < -0.3 is 4.98 Å². The van der Waals surface area contributed by atoms with E-state index in [-0.39, 0.29) is 0 Å². The molecule has 0 radical (unpaired) electrons. The van der Waals surface area contributed by atoms with Crippen LogP contribution in [-0.2, 0) is 6.42 Å². The third-order valence-corrected chi connectivity index (χ3v) is 3.14. The molecule has 0 fully saturated rings. The SMILES string of the molecule is CCc1ccccc1-c1nc2nc(C)ccc2[nH]1. The van der Waals surface area contributed by atoms with Crippen LogP contribution in [0, 0.1) is 6.92 Å². The van der Waals surface area contributed by atoms with Crippen LogP contribution in [0.1, 0.15) is 18.2 Å². The molecule has 3 heteroatoms. The van der Waals surface area contributed by atoms with Gasteiger partial charge >= 0.3 is 0 Å². The zero-order valence-corrected chi connectivity index (χ0v) is 10.6. The van der Waals surface area contributed by atoms with Gasteiger partial charge in [-0.3, -0.25) is 0 Å². The molecule has 0 unspecified atom stereocenters. The monoisotopic (exact) mass is 237 g/mol. The first kappa shape index (κ1) is 11.0. The minimum absolute atomic E-state index is 0.788. The highest BCUT2D eigenvalue weighted by Gasteiger charge is 2.09. The van der Waals surface area contributed by atoms with Crippen molar-refractivity contribution in [2.24, 2.45) is 0 Å². The van der Waals surface area contributed by atoms with E-state index in [4.69, 9.17) is 0 Å². The molecule has 1 aromatic carbocycles. The van der Waals surface area contributed by atoms with Gasteiger partial charge in [0, 0.05) is 11.3 Å². The molecule has 0 aliphatic carbocycles. The van der Waals surface area contributed by atoms with Crippen LogP contribution in [-0.4, -0.2) is 15.0 Å². The lowest BCUT2D eigenvalue weighted by Crippen LogP contribution is -1.88. The maximum absolute atomic E-state index is 4.59. The molecule has 0 aliphatic rings. The largest absolute Gasteiger partial charge is 0.337 e. The zero-order valence-electron chi connectivity index (χ0n) is 10.6. The fourth-order valence-corrected chi connectivity index (χ4v) is 2.17. The summed E-state index contributed by atoms with van der Waals surface area (Å²) in [6.45, 7) is 4.14. The average molecular weight is 237 g/mol. The van der Waals surface area contributed by atoms with Crippen LogP contribution in [0.15, 0.2) is 36.4 Å². The van der Waals surface area contributed by atoms with Crippen molar-refractivity contribution in [2.45, 2.75) is 20.3 Å². The molecule has 2 aromatic heterocycles. The van der Waals surface area contributed by atoms with Crippen molar-refractivity contribution in [3.8, 4) is 11.4 Å². The Morgan fingerprint density at radius 2 is 1.89 bits per heavy atom. The third kappa shape index (κ3) is 1.78. The van der Waals surface area contributed by atoms with Gasteiger partial charge in [-0.15, -0.1) is 0 Å². The van der Waals surface area contributed by atoms with Crippen molar-refractivity contribution in [1.29, 1.82) is 0 Å². The van der Waals surface area contributed by atoms with Crippen LogP contribution in [0.5, 0.6) is 0 Å². The molecule has 0 spiro atoms. The number of rotatable bonds is 2. The summed E-state index contributed by atoms with van der Waals surface area (Å²) in [4.78, 5) is 12.4. The standard InChI is InChI=1S/C15H15N3/c1-3-11-6-4-5-7-12(11)14-17-13-9-8-10(2)16-15(13)18-14/h4-9H,3H2,1-2H3,(H,16,17,18). The second-order valence-electron chi connectivity index (χ2n) is 4.42. The Morgan fingerprint density at radius 3 is 2.72 bits per heavy atom. The van der Waals surface area contributed by atoms with Crippen molar-refractivity contribution in [3.63, 3.8) is 0 Å². The molecular weight excluding hydrogens is 222 g/mol. The molecule has 3 rings (SSSR count). The average Bonchev–Trinajstić information content (AvgIpc) is 2.81. The number of aromatic amines is 1. The number of aryl methyl sites for hydroxylation is 2. The molecule has 0 aliphatic heterocycles. The van der Waals surface area contributed by atoms with E-state index in [1.165, 1.54) is 5.56 Å². The lowest BCUT2D eigenvalue weighted by atomic mass is 10.1. The van der Waals surface area contributed by atoms with E-state index in [2.05, 4.69) is 40.1 Å². The Labute approximate surface area is 106 Å². The molecule has 0 saturated heterocycles. The van der Waals surface area contributed by atoms with Gasteiger partial charge in [0.2, 0.25) is 0 Å². The number of H-pyrrole nitrogens is 1. The van der Waals surface area contributed by atoms with Crippen LogP contribution < -0.4 is 0 Å². The number of nitrogens with one attached hydrogen (secondary N) is 1. The Bertz CT molecular complexity index is 698. The maximum atomic E-state index is 4.59. The first-order valence-electron chi connectivity index (χ1n) is 6.19. The quantitative estimate of drug-likeness (QED) is 0.741. The van der Waals surface area contributed by atoms with E-state index < -0.39 is 0 Å². The Morgan fingerprint density at radius 1 is 1.06 bits per heavy atom. The van der Waals surface area contributed by atoms with Gasteiger partial charge in [-0.05, 0) is 31.0 Å². The smallest absolute Gasteiger partial charge is 0.178 e. The first-order chi connectivity index (χ1) is 8.78. The normalized spacial score (nSPS) is 11.0. The summed E-state index contributed by atoms with van der Waals surface area (Å²) < 4.78 is 0. The van der Waals surface area contributed by atoms with Gasteiger partial charge in [-0.2, -0.15) is 0 Å². The lowest BCUT2D eigenvalue weighted by molar-refractivity contribution is 1.13. The number of aromatic nitrogens is 3. The lowest BCUT2D eigenvalue weighted by Gasteiger charge is -2.03. The van der Waals surface area contributed by atoms with Gasteiger partial charge in [0.15, 0.2) is 5.65 Å². The van der Waals surface area contributed by atoms with Gasteiger partial charge in [-0.1, -0.05) is 31.2 Å². The Balaban J connectivity index is 2.19. The fraction of sp³-hybridized carbons (Fsp3) is 0.200. The van der Waals surface area contributed by atoms with Crippen molar-refractivity contribution in [1.82, 2.24) is 15.0 Å². The Kier molecular flexibility index (Phi) is 2.59. The first-order valence-corrected chi connectivity index (χ1v) is 6.19. The van der Waals surface area contributed by atoms with E-state index in [1.54, 1.807) is 0 Å². The van der Waals surface area contributed by atoms with Gasteiger partial charge in [-0.25, -0.2) is 9.97 Å². The second kappa shape index (κ2) is 4.26. The maximum Gasteiger partial charge on any atom is 0.178 e. The summed E-state index contributed by atoms with van der Waals surface area (Å²) in [5, 5.41) is 0. The molecule has 3 nitrogen and oxygen atoms in total. The molecule has 90 valence electrons. The summed E-state index contributed by atoms with van der Waals surface area (Å²) in [7, 11) is 0. The minimum atomic E-state index is 0.788. The predicted octanol–water partition coefficient (Wildman–Crippen LogP) is 3.50. The number of imidazole rings is 1. The number of fused-ring (bicyclic) bond motifs is 1. The highest BCUT2D eigenvalue weighted by atomic mass is 15.0. The summed E-state index contributed by atoms with van der Waals surface area (Å²) in [6, 6.07) is 12.4. The molecule has 2 heterocycles. The minimum Gasteiger partial charge on any atom is -0.337 e. The number of hydrogen-bond acceptors (Lipinski definition) is 2. The predicted molar refractivity (Wildman–Crippen MR) is 73.4 cm³/mol. The topological polar surface area (TPSA) is 41.6 Å². The summed E-state index contributed by atoms with van der Waals surface area (Å²) >= 11 is 0. The summed E-state index contributed by atoms with van der Waals surface area (Å²) in [6.07, 6.45) is 1.000. The molecule has 0 amide bonds. The van der Waals surface area contributed by atoms with Crippen LogP contribution in [0.2, 0.25) is 0 Å². The molecule has 3 aromatic rings. The van der Waals surface area contributed by atoms with E-state index in [0.717, 1.165) is 34.7 Å². The van der Waals surface area contributed by atoms with Gasteiger partial charge in [0.1, 0.15) is 5.82 Å². The van der Waals surface area contributed by atoms with E-state index >= 15 is 0 Å². The number of pyridine rings is 1. The van der Waals surface area contributed by atoms with Crippen molar-refractivity contribution in [2.75, 3.05) is 0 Å². The molecule has 18 heavy (non-hydrogen) atoms. The van der Waals surface area contributed by atoms with Crippen molar-refractivity contribution in [3.05, 3.63) is 47.7 Å². The summed E-state index contributed by atoms with van der Waals surface area (Å²) in [5.41, 5.74) is 5.23. The Hall–Kier alpha value is -2.16. The molecule has 0 saturated carbocycles. The van der Waals surface area contributed by atoms with Crippen LogP contribution in [0.3, 0.4) is 0 Å². The van der Waals surface area contributed by atoms with E-state index in [9.17, 15) is 0 Å². The number of hydrogen-bond donors (Lipinski definition) is 1. The van der Waals surface area contributed by atoms with Crippen LogP contribution >= 0.6 is 0 Å². The van der Waals surface area contributed by atoms with Crippen molar-refractivity contribution < 1.29 is 0 Å². The van der Waals surface area contributed by atoms with Crippen molar-refractivity contribution >= 4 is 11.2 Å². The van der Waals surface area contributed by atoms with E-state index in [0.29, 0.717) is 0 Å².